The van der Waals surface area contributed by atoms with Gasteiger partial charge in [0, 0.05) is 15.3 Å². The largest absolute Gasteiger partial charge is 0.316 e. The molecule has 0 aliphatic carbocycles. The van der Waals surface area contributed by atoms with Crippen LogP contribution < -0.4 is 5.32 Å². The van der Waals surface area contributed by atoms with E-state index in [1.54, 1.807) is 0 Å². The van der Waals surface area contributed by atoms with Crippen LogP contribution in [0.4, 0.5) is 0 Å². The summed E-state index contributed by atoms with van der Waals surface area (Å²) in [5.74, 6) is 0. The molecular weight excluding hydrogens is 114 g/mol. The van der Waals surface area contributed by atoms with Crippen molar-refractivity contribution in [2.24, 2.45) is 0 Å². The van der Waals surface area contributed by atoms with Crippen molar-refractivity contribution >= 4 is 8.80 Å². The van der Waals surface area contributed by atoms with Crippen LogP contribution in [0.15, 0.2) is 12.7 Å². The maximum atomic E-state index is 3.61. The quantitative estimate of drug-likeness (QED) is 0.336. The van der Waals surface area contributed by atoms with Gasteiger partial charge in [-0.1, -0.05) is 19.2 Å². The van der Waals surface area contributed by atoms with Crippen LogP contribution in [-0.4, -0.2) is 21.5 Å². The maximum Gasteiger partial charge on any atom is 0.0466 e. The Labute approximate surface area is 53.4 Å². The highest BCUT2D eigenvalue weighted by Crippen LogP contribution is 1.73. The molecule has 0 rings (SSSR count). The summed E-state index contributed by atoms with van der Waals surface area (Å²) >= 11 is 0. The summed E-state index contributed by atoms with van der Waals surface area (Å²) in [6.45, 7) is 9.23. The lowest BCUT2D eigenvalue weighted by molar-refractivity contribution is 0.875. The Kier molecular flexibility index (Phi) is 5.01. The van der Waals surface area contributed by atoms with Crippen LogP contribution in [0.1, 0.15) is 0 Å². The maximum absolute atomic E-state index is 3.61. The van der Waals surface area contributed by atoms with Crippen molar-refractivity contribution < 1.29 is 0 Å². The second-order valence-corrected chi connectivity index (χ2v) is 5.54. The van der Waals surface area contributed by atoms with Gasteiger partial charge in [-0.05, 0) is 6.17 Å². The van der Waals surface area contributed by atoms with E-state index in [0.717, 1.165) is 6.54 Å². The predicted octanol–water partition coefficient (Wildman–Crippen LogP) is 0.788. The van der Waals surface area contributed by atoms with Crippen molar-refractivity contribution in [3.8, 4) is 0 Å². The normalized spacial score (nSPS) is 9.88. The van der Waals surface area contributed by atoms with Crippen LogP contribution in [0, 0.1) is 0 Å². The van der Waals surface area contributed by atoms with Crippen LogP contribution in [0.5, 0.6) is 0 Å². The van der Waals surface area contributed by atoms with E-state index in [9.17, 15) is 0 Å². The van der Waals surface area contributed by atoms with Crippen molar-refractivity contribution in [3.63, 3.8) is 0 Å². The second-order valence-electron chi connectivity index (χ2n) is 2.34. The lowest BCUT2D eigenvalue weighted by Crippen LogP contribution is -2.25. The topological polar surface area (TPSA) is 12.0 Å². The molecule has 0 aliphatic rings. The fraction of sp³-hybridized carbons (Fsp3) is 0.667. The van der Waals surface area contributed by atoms with Gasteiger partial charge < -0.3 is 5.32 Å². The van der Waals surface area contributed by atoms with Crippen molar-refractivity contribution in [2.75, 3.05) is 12.7 Å². The van der Waals surface area contributed by atoms with Crippen LogP contribution >= 0.6 is 0 Å². The number of hydrogen-bond acceptors (Lipinski definition) is 1. The van der Waals surface area contributed by atoms with E-state index >= 15 is 0 Å². The Balaban J connectivity index is 2.81. The van der Waals surface area contributed by atoms with E-state index in [1.807, 2.05) is 6.08 Å². The van der Waals surface area contributed by atoms with Gasteiger partial charge in [-0.25, -0.2) is 0 Å². The van der Waals surface area contributed by atoms with Gasteiger partial charge in [-0.2, -0.15) is 0 Å². The second kappa shape index (κ2) is 5.06. The third-order valence-electron chi connectivity index (χ3n) is 0.841. The Morgan fingerprint density at radius 3 is 2.62 bits per heavy atom. The van der Waals surface area contributed by atoms with Crippen molar-refractivity contribution in [1.29, 1.82) is 0 Å². The average molecular weight is 129 g/mol. The van der Waals surface area contributed by atoms with Gasteiger partial charge in [0.05, 0.1) is 0 Å². The lowest BCUT2D eigenvalue weighted by Gasteiger charge is -2.01. The zero-order valence-electron chi connectivity index (χ0n) is 5.78. The van der Waals surface area contributed by atoms with Gasteiger partial charge in [0.15, 0.2) is 0 Å². The first-order valence-corrected chi connectivity index (χ1v) is 6.21. The van der Waals surface area contributed by atoms with Crippen LogP contribution in [-0.2, 0) is 0 Å². The predicted molar refractivity (Wildman–Crippen MR) is 41.9 cm³/mol. The van der Waals surface area contributed by atoms with E-state index in [0.29, 0.717) is 0 Å². The Bertz CT molecular complexity index is 61.5. The lowest BCUT2D eigenvalue weighted by atomic mass is 10.6. The molecule has 0 aromatic rings. The van der Waals surface area contributed by atoms with E-state index in [2.05, 4.69) is 25.0 Å². The molecule has 0 unspecified atom stereocenters. The zero-order chi connectivity index (χ0) is 6.41. The molecule has 48 valence electrons. The summed E-state index contributed by atoms with van der Waals surface area (Å²) in [6, 6.07) is 0. The molecule has 0 bridgehead atoms. The van der Waals surface area contributed by atoms with E-state index < -0.39 is 0 Å². The third-order valence-corrected chi connectivity index (χ3v) is 1.95. The van der Waals surface area contributed by atoms with Gasteiger partial charge in [0.2, 0.25) is 0 Å². The minimum Gasteiger partial charge on any atom is -0.316 e. The molecule has 0 heterocycles. The Morgan fingerprint density at radius 2 is 2.25 bits per heavy atom. The Morgan fingerprint density at radius 1 is 1.62 bits per heavy atom. The van der Waals surface area contributed by atoms with Crippen molar-refractivity contribution in [3.05, 3.63) is 12.7 Å². The molecular formula is C6H15NSi. The van der Waals surface area contributed by atoms with Crippen LogP contribution in [0.2, 0.25) is 13.1 Å². The molecule has 0 fully saturated rings. The van der Waals surface area contributed by atoms with Gasteiger partial charge >= 0.3 is 0 Å². The third kappa shape index (κ3) is 5.92. The summed E-state index contributed by atoms with van der Waals surface area (Å²) in [5.41, 5.74) is 0. The first-order chi connectivity index (χ1) is 3.77. The highest BCUT2D eigenvalue weighted by atomic mass is 28.3. The molecule has 0 saturated heterocycles. The number of nitrogens with one attached hydrogen (secondary N) is 1. The molecule has 2 heteroatoms. The SMILES string of the molecule is C=CCNC[SiH](C)C. The number of hydrogen-bond donors (Lipinski definition) is 1. The van der Waals surface area contributed by atoms with E-state index in [-0.39, 0.29) is 8.80 Å². The molecule has 0 atom stereocenters. The van der Waals surface area contributed by atoms with Crippen molar-refractivity contribution in [1.82, 2.24) is 5.32 Å². The van der Waals surface area contributed by atoms with Crippen LogP contribution in [0.25, 0.3) is 0 Å². The first kappa shape index (κ1) is 7.92. The summed E-state index contributed by atoms with van der Waals surface area (Å²) in [7, 11) is -0.361. The molecule has 0 saturated carbocycles. The first-order valence-electron chi connectivity index (χ1n) is 3.09. The summed E-state index contributed by atoms with van der Waals surface area (Å²) in [5, 5.41) is 3.28. The molecule has 0 aromatic heterocycles. The molecule has 8 heavy (non-hydrogen) atoms. The fourth-order valence-corrected chi connectivity index (χ4v) is 1.22. The van der Waals surface area contributed by atoms with Gasteiger partial charge in [0.1, 0.15) is 0 Å². The molecule has 0 aromatic carbocycles. The minimum absolute atomic E-state index is 0.361. The molecule has 1 N–H and O–H groups in total. The summed E-state index contributed by atoms with van der Waals surface area (Å²) < 4.78 is 0. The smallest absolute Gasteiger partial charge is 0.0466 e. The van der Waals surface area contributed by atoms with Gasteiger partial charge in [-0.15, -0.1) is 6.58 Å². The van der Waals surface area contributed by atoms with E-state index in [4.69, 9.17) is 0 Å². The monoisotopic (exact) mass is 129 g/mol. The molecule has 0 radical (unpaired) electrons. The zero-order valence-corrected chi connectivity index (χ0v) is 6.93. The summed E-state index contributed by atoms with van der Waals surface area (Å²) in [6.07, 6.45) is 3.13. The van der Waals surface area contributed by atoms with Crippen molar-refractivity contribution in [2.45, 2.75) is 13.1 Å². The highest BCUT2D eigenvalue weighted by molar-refractivity contribution is 6.55. The molecule has 0 aliphatic heterocycles. The standard InChI is InChI=1S/C6H15NSi/c1-4-5-7-6-8(2)3/h4,7-8H,1,5-6H2,2-3H3. The highest BCUT2D eigenvalue weighted by Gasteiger charge is 1.90. The summed E-state index contributed by atoms with van der Waals surface area (Å²) in [4.78, 5) is 0. The Hall–Kier alpha value is -0.0831. The minimum atomic E-state index is -0.361. The molecule has 0 amide bonds. The molecule has 1 nitrogen and oxygen atoms in total. The number of rotatable bonds is 4. The van der Waals surface area contributed by atoms with E-state index in [1.165, 1.54) is 6.17 Å². The van der Waals surface area contributed by atoms with Crippen LogP contribution in [0.3, 0.4) is 0 Å². The van der Waals surface area contributed by atoms with Gasteiger partial charge in [0.25, 0.3) is 0 Å². The fourth-order valence-electron chi connectivity index (χ4n) is 0.474. The molecule has 0 spiro atoms. The average Bonchev–Trinajstić information content (AvgIpc) is 1.66. The van der Waals surface area contributed by atoms with Gasteiger partial charge in [-0.3, -0.25) is 0 Å².